The molecule has 0 saturated carbocycles. The Morgan fingerprint density at radius 3 is 2.44 bits per heavy atom. The first-order valence-corrected chi connectivity index (χ1v) is 10.1. The van der Waals surface area contributed by atoms with Crippen molar-refractivity contribution in [3.8, 4) is 0 Å². The summed E-state index contributed by atoms with van der Waals surface area (Å²) in [6, 6.07) is 14.4. The summed E-state index contributed by atoms with van der Waals surface area (Å²) in [5, 5.41) is 3.42. The van der Waals surface area contributed by atoms with Crippen LogP contribution in [0.25, 0.3) is 0 Å². The second kappa shape index (κ2) is 10.5. The highest BCUT2D eigenvalue weighted by atomic mass is 79.9. The second-order valence-electron chi connectivity index (χ2n) is 6.38. The van der Waals surface area contributed by atoms with Crippen LogP contribution < -0.4 is 5.32 Å². The lowest BCUT2D eigenvalue weighted by Crippen LogP contribution is -2.48. The summed E-state index contributed by atoms with van der Waals surface area (Å²) >= 11 is 9.62. The van der Waals surface area contributed by atoms with Gasteiger partial charge >= 0.3 is 0 Å². The first-order valence-electron chi connectivity index (χ1n) is 8.97. The summed E-state index contributed by atoms with van der Waals surface area (Å²) in [6.45, 7) is 4.70. The Kier molecular flexibility index (Phi) is 8.32. The van der Waals surface area contributed by atoms with Gasteiger partial charge in [-0.25, -0.2) is 0 Å². The fourth-order valence-electron chi connectivity index (χ4n) is 2.67. The minimum atomic E-state index is -0.574. The molecule has 0 aromatic heterocycles. The van der Waals surface area contributed by atoms with Gasteiger partial charge < -0.3 is 10.2 Å². The lowest BCUT2D eigenvalue weighted by molar-refractivity contribution is -0.140. The topological polar surface area (TPSA) is 49.4 Å². The smallest absolute Gasteiger partial charge is 0.242 e. The Hall–Kier alpha value is -1.85. The van der Waals surface area contributed by atoms with Crippen molar-refractivity contribution >= 4 is 39.3 Å². The predicted molar refractivity (Wildman–Crippen MR) is 113 cm³/mol. The molecular weight excluding hydrogens is 428 g/mol. The van der Waals surface area contributed by atoms with Crippen molar-refractivity contribution in [3.63, 3.8) is 0 Å². The van der Waals surface area contributed by atoms with E-state index in [0.29, 0.717) is 18.1 Å². The Morgan fingerprint density at radius 2 is 1.81 bits per heavy atom. The van der Waals surface area contributed by atoms with Crippen LogP contribution in [0.15, 0.2) is 53.0 Å². The van der Waals surface area contributed by atoms with Gasteiger partial charge in [0.1, 0.15) is 6.04 Å². The van der Waals surface area contributed by atoms with Crippen LogP contribution in [0.5, 0.6) is 0 Å². The molecule has 2 aromatic rings. The number of carbonyl (C=O) groups excluding carboxylic acids is 2. The average Bonchev–Trinajstić information content (AvgIpc) is 2.66. The number of carbonyl (C=O) groups is 2. The van der Waals surface area contributed by atoms with Crippen LogP contribution in [0.1, 0.15) is 31.4 Å². The molecule has 144 valence electrons. The molecule has 0 spiro atoms. The van der Waals surface area contributed by atoms with Crippen molar-refractivity contribution in [2.45, 2.75) is 39.3 Å². The molecule has 1 atom stereocenters. The van der Waals surface area contributed by atoms with Gasteiger partial charge in [0.05, 0.1) is 6.42 Å². The van der Waals surface area contributed by atoms with E-state index in [1.165, 1.54) is 0 Å². The Bertz CT molecular complexity index is 780. The molecule has 2 rings (SSSR count). The minimum Gasteiger partial charge on any atom is -0.354 e. The molecule has 0 fully saturated rings. The Morgan fingerprint density at radius 1 is 1.15 bits per heavy atom. The number of nitrogens with zero attached hydrogens (tertiary/aromatic N) is 1. The standard InChI is InChI=1S/C21H24BrClN2O2/c1-3-12-24-21(27)15(2)25(14-16-8-10-18(22)11-9-16)20(26)13-17-6-4-5-7-19(17)23/h4-11,15H,3,12-14H2,1-2H3,(H,24,27). The van der Waals surface area contributed by atoms with Gasteiger partial charge in [-0.2, -0.15) is 0 Å². The molecular formula is C21H24BrClN2O2. The third-order valence-corrected chi connectivity index (χ3v) is 5.18. The summed E-state index contributed by atoms with van der Waals surface area (Å²) in [5.74, 6) is -0.286. The zero-order chi connectivity index (χ0) is 19.8. The molecule has 1 unspecified atom stereocenters. The molecule has 0 heterocycles. The molecule has 0 aliphatic carbocycles. The maximum absolute atomic E-state index is 13.0. The fourth-order valence-corrected chi connectivity index (χ4v) is 3.14. The second-order valence-corrected chi connectivity index (χ2v) is 7.71. The average molecular weight is 452 g/mol. The van der Waals surface area contributed by atoms with Crippen molar-refractivity contribution in [2.75, 3.05) is 6.54 Å². The summed E-state index contributed by atoms with van der Waals surface area (Å²) < 4.78 is 0.967. The zero-order valence-electron chi connectivity index (χ0n) is 15.5. The number of nitrogens with one attached hydrogen (secondary N) is 1. The van der Waals surface area contributed by atoms with Gasteiger partial charge in [0.2, 0.25) is 11.8 Å². The highest BCUT2D eigenvalue weighted by molar-refractivity contribution is 9.10. The van der Waals surface area contributed by atoms with Crippen molar-refractivity contribution in [1.29, 1.82) is 0 Å². The molecule has 0 aliphatic heterocycles. The van der Waals surface area contributed by atoms with Crippen LogP contribution >= 0.6 is 27.5 Å². The number of amides is 2. The van der Waals surface area contributed by atoms with E-state index in [4.69, 9.17) is 11.6 Å². The van der Waals surface area contributed by atoms with E-state index in [-0.39, 0.29) is 18.2 Å². The van der Waals surface area contributed by atoms with E-state index >= 15 is 0 Å². The third kappa shape index (κ3) is 6.36. The van der Waals surface area contributed by atoms with Crippen molar-refractivity contribution in [3.05, 3.63) is 69.2 Å². The van der Waals surface area contributed by atoms with E-state index < -0.39 is 6.04 Å². The van der Waals surface area contributed by atoms with Gasteiger partial charge in [-0.1, -0.05) is 64.8 Å². The van der Waals surface area contributed by atoms with Gasteiger partial charge in [0, 0.05) is 22.6 Å². The molecule has 0 bridgehead atoms. The first-order chi connectivity index (χ1) is 12.9. The van der Waals surface area contributed by atoms with Crippen LogP contribution in [0, 0.1) is 0 Å². The van der Waals surface area contributed by atoms with E-state index in [9.17, 15) is 9.59 Å². The molecule has 1 N–H and O–H groups in total. The number of benzene rings is 2. The van der Waals surface area contributed by atoms with Crippen molar-refractivity contribution in [1.82, 2.24) is 10.2 Å². The van der Waals surface area contributed by atoms with E-state index in [0.717, 1.165) is 22.0 Å². The number of halogens is 2. The van der Waals surface area contributed by atoms with Gasteiger partial charge in [-0.15, -0.1) is 0 Å². The molecule has 0 aliphatic rings. The SMILES string of the molecule is CCCNC(=O)C(C)N(Cc1ccc(Br)cc1)C(=O)Cc1ccccc1Cl. The summed E-state index contributed by atoms with van der Waals surface area (Å²) in [4.78, 5) is 27.1. The van der Waals surface area contributed by atoms with Crippen molar-refractivity contribution < 1.29 is 9.59 Å². The van der Waals surface area contributed by atoms with Crippen LogP contribution in [-0.4, -0.2) is 29.3 Å². The predicted octanol–water partition coefficient (Wildman–Crippen LogP) is 4.59. The molecule has 6 heteroatoms. The normalized spacial score (nSPS) is 11.7. The number of hydrogen-bond donors (Lipinski definition) is 1. The molecule has 2 amide bonds. The summed E-state index contributed by atoms with van der Waals surface area (Å²) in [5.41, 5.74) is 1.71. The summed E-state index contributed by atoms with van der Waals surface area (Å²) in [6.07, 6.45) is 1.00. The van der Waals surface area contributed by atoms with Crippen LogP contribution in [0.2, 0.25) is 5.02 Å². The van der Waals surface area contributed by atoms with Gasteiger partial charge in [0.25, 0.3) is 0 Å². The maximum atomic E-state index is 13.0. The summed E-state index contributed by atoms with van der Waals surface area (Å²) in [7, 11) is 0. The minimum absolute atomic E-state index is 0.134. The van der Waals surface area contributed by atoms with Crippen LogP contribution in [-0.2, 0) is 22.6 Å². The van der Waals surface area contributed by atoms with E-state index in [2.05, 4.69) is 21.2 Å². The highest BCUT2D eigenvalue weighted by Gasteiger charge is 2.26. The lowest BCUT2D eigenvalue weighted by atomic mass is 10.1. The third-order valence-electron chi connectivity index (χ3n) is 4.28. The molecule has 0 radical (unpaired) electrons. The monoisotopic (exact) mass is 450 g/mol. The Balaban J connectivity index is 2.21. The highest BCUT2D eigenvalue weighted by Crippen LogP contribution is 2.19. The van der Waals surface area contributed by atoms with E-state index in [1.807, 2.05) is 49.4 Å². The zero-order valence-corrected chi connectivity index (χ0v) is 17.9. The molecule has 4 nitrogen and oxygen atoms in total. The molecule has 0 saturated heterocycles. The Labute approximate surface area is 174 Å². The largest absolute Gasteiger partial charge is 0.354 e. The molecule has 27 heavy (non-hydrogen) atoms. The molecule has 2 aromatic carbocycles. The van der Waals surface area contributed by atoms with E-state index in [1.54, 1.807) is 17.9 Å². The van der Waals surface area contributed by atoms with Gasteiger partial charge in [-0.05, 0) is 42.7 Å². The van der Waals surface area contributed by atoms with Crippen molar-refractivity contribution in [2.24, 2.45) is 0 Å². The van der Waals surface area contributed by atoms with Gasteiger partial charge in [0.15, 0.2) is 0 Å². The van der Waals surface area contributed by atoms with Crippen LogP contribution in [0.4, 0.5) is 0 Å². The quantitative estimate of drug-likeness (QED) is 0.638. The maximum Gasteiger partial charge on any atom is 0.242 e. The number of hydrogen-bond acceptors (Lipinski definition) is 2. The lowest BCUT2D eigenvalue weighted by Gasteiger charge is -2.29. The van der Waals surface area contributed by atoms with Crippen LogP contribution in [0.3, 0.4) is 0 Å². The first kappa shape index (κ1) is 21.5. The van der Waals surface area contributed by atoms with Gasteiger partial charge in [-0.3, -0.25) is 9.59 Å². The number of rotatable bonds is 8. The fraction of sp³-hybridized carbons (Fsp3) is 0.333.